The monoisotopic (exact) mass is 245 g/mol. The second-order valence-corrected chi connectivity index (χ2v) is 4.49. The van der Waals surface area contributed by atoms with Crippen molar-refractivity contribution in [2.75, 3.05) is 5.73 Å². The summed E-state index contributed by atoms with van der Waals surface area (Å²) in [5, 5.41) is 11.9. The van der Waals surface area contributed by atoms with Gasteiger partial charge in [0.1, 0.15) is 0 Å². The molecule has 0 saturated heterocycles. The average molecular weight is 245 g/mol. The first-order valence-electron chi connectivity index (χ1n) is 6.36. The summed E-state index contributed by atoms with van der Waals surface area (Å²) in [4.78, 5) is 0. The number of nitrogens with zero attached hydrogens (tertiary/aromatic N) is 4. The zero-order valence-corrected chi connectivity index (χ0v) is 10.9. The summed E-state index contributed by atoms with van der Waals surface area (Å²) in [5.41, 5.74) is 7.48. The number of tetrazole rings is 1. The maximum Gasteiger partial charge on any atom is 0.182 e. The molecule has 1 aromatic heterocycles. The zero-order chi connectivity index (χ0) is 13.0. The summed E-state index contributed by atoms with van der Waals surface area (Å²) in [6, 6.07) is 7.65. The number of rotatable bonds is 5. The van der Waals surface area contributed by atoms with Gasteiger partial charge in [0.05, 0.1) is 0 Å². The predicted molar refractivity (Wildman–Crippen MR) is 71.7 cm³/mol. The van der Waals surface area contributed by atoms with E-state index in [4.69, 9.17) is 5.73 Å². The van der Waals surface area contributed by atoms with Gasteiger partial charge in [0, 0.05) is 17.8 Å². The van der Waals surface area contributed by atoms with Crippen molar-refractivity contribution < 1.29 is 0 Å². The van der Waals surface area contributed by atoms with E-state index in [1.807, 2.05) is 28.9 Å². The van der Waals surface area contributed by atoms with E-state index in [1.165, 1.54) is 0 Å². The number of nitrogens with two attached hydrogens (primary N) is 1. The first-order valence-corrected chi connectivity index (χ1v) is 6.36. The van der Waals surface area contributed by atoms with Gasteiger partial charge in [0.25, 0.3) is 0 Å². The highest BCUT2D eigenvalue weighted by molar-refractivity contribution is 5.60. The van der Waals surface area contributed by atoms with Gasteiger partial charge in [-0.2, -0.15) is 0 Å². The Bertz CT molecular complexity index is 502. The van der Waals surface area contributed by atoms with Gasteiger partial charge in [0.15, 0.2) is 5.82 Å². The Labute approximate surface area is 107 Å². The molecular weight excluding hydrogens is 226 g/mol. The third-order valence-electron chi connectivity index (χ3n) is 3.26. The van der Waals surface area contributed by atoms with Crippen molar-refractivity contribution >= 4 is 5.69 Å². The molecular formula is C13H19N5. The Morgan fingerprint density at radius 2 is 2.06 bits per heavy atom. The highest BCUT2D eigenvalue weighted by Crippen LogP contribution is 2.20. The Balaban J connectivity index is 2.27. The molecule has 1 heterocycles. The van der Waals surface area contributed by atoms with Crippen molar-refractivity contribution in [3.05, 3.63) is 24.3 Å². The van der Waals surface area contributed by atoms with Crippen molar-refractivity contribution in [2.24, 2.45) is 5.92 Å². The number of anilines is 1. The van der Waals surface area contributed by atoms with Crippen LogP contribution >= 0.6 is 0 Å². The van der Waals surface area contributed by atoms with Crippen LogP contribution in [0.15, 0.2) is 24.3 Å². The second kappa shape index (κ2) is 5.62. The highest BCUT2D eigenvalue weighted by atomic mass is 15.5. The van der Waals surface area contributed by atoms with Crippen LogP contribution in [0.25, 0.3) is 11.4 Å². The lowest BCUT2D eigenvalue weighted by atomic mass is 10.0. The van der Waals surface area contributed by atoms with Crippen LogP contribution < -0.4 is 5.73 Å². The Kier molecular flexibility index (Phi) is 3.92. The van der Waals surface area contributed by atoms with E-state index in [0.29, 0.717) is 5.92 Å². The van der Waals surface area contributed by atoms with Crippen molar-refractivity contribution in [1.29, 1.82) is 0 Å². The minimum absolute atomic E-state index is 0.605. The number of hydrogen-bond donors (Lipinski definition) is 1. The lowest BCUT2D eigenvalue weighted by molar-refractivity contribution is 0.392. The molecule has 2 N–H and O–H groups in total. The average Bonchev–Trinajstić information content (AvgIpc) is 2.84. The first-order chi connectivity index (χ1) is 8.74. The maximum atomic E-state index is 5.79. The van der Waals surface area contributed by atoms with Gasteiger partial charge in [-0.15, -0.1) is 5.10 Å². The quantitative estimate of drug-likeness (QED) is 0.821. The number of aromatic nitrogens is 4. The van der Waals surface area contributed by atoms with E-state index >= 15 is 0 Å². The molecule has 0 saturated carbocycles. The number of nitrogen functional groups attached to an aromatic ring is 1. The van der Waals surface area contributed by atoms with Crippen molar-refractivity contribution in [3.8, 4) is 11.4 Å². The molecule has 0 spiro atoms. The van der Waals surface area contributed by atoms with Crippen LogP contribution in [0.3, 0.4) is 0 Å². The standard InChI is InChI=1S/C13H19N5/c1-3-10(4-2)9-18-13(15-16-17-18)11-6-5-7-12(14)8-11/h5-8,10H,3-4,9,14H2,1-2H3. The second-order valence-electron chi connectivity index (χ2n) is 4.49. The molecule has 0 aliphatic heterocycles. The van der Waals surface area contributed by atoms with E-state index in [9.17, 15) is 0 Å². The molecule has 18 heavy (non-hydrogen) atoms. The minimum Gasteiger partial charge on any atom is -0.399 e. The molecule has 0 bridgehead atoms. The molecule has 2 rings (SSSR count). The van der Waals surface area contributed by atoms with Gasteiger partial charge in [-0.05, 0) is 28.5 Å². The molecule has 0 amide bonds. The molecule has 5 nitrogen and oxygen atoms in total. The molecule has 0 radical (unpaired) electrons. The summed E-state index contributed by atoms with van der Waals surface area (Å²) < 4.78 is 1.87. The predicted octanol–water partition coefficient (Wildman–Crippen LogP) is 2.36. The summed E-state index contributed by atoms with van der Waals surface area (Å²) in [6.45, 7) is 5.24. The van der Waals surface area contributed by atoms with Crippen LogP contribution in [0, 0.1) is 5.92 Å². The van der Waals surface area contributed by atoms with E-state index < -0.39 is 0 Å². The minimum atomic E-state index is 0.605. The smallest absolute Gasteiger partial charge is 0.182 e. The number of benzene rings is 1. The van der Waals surface area contributed by atoms with Crippen LogP contribution in [-0.2, 0) is 6.54 Å². The summed E-state index contributed by atoms with van der Waals surface area (Å²) >= 11 is 0. The first kappa shape index (κ1) is 12.5. The molecule has 0 atom stereocenters. The van der Waals surface area contributed by atoms with Crippen LogP contribution in [0.1, 0.15) is 26.7 Å². The fraction of sp³-hybridized carbons (Fsp3) is 0.462. The molecule has 1 aromatic carbocycles. The number of hydrogen-bond acceptors (Lipinski definition) is 4. The highest BCUT2D eigenvalue weighted by Gasteiger charge is 2.12. The summed E-state index contributed by atoms with van der Waals surface area (Å²) in [6.07, 6.45) is 2.26. The summed E-state index contributed by atoms with van der Waals surface area (Å²) in [7, 11) is 0. The lowest BCUT2D eigenvalue weighted by Crippen LogP contribution is -2.12. The van der Waals surface area contributed by atoms with Crippen LogP contribution in [0.4, 0.5) is 5.69 Å². The van der Waals surface area contributed by atoms with E-state index in [2.05, 4.69) is 29.4 Å². The molecule has 5 heteroatoms. The topological polar surface area (TPSA) is 69.6 Å². The van der Waals surface area contributed by atoms with Crippen LogP contribution in [0.2, 0.25) is 0 Å². The van der Waals surface area contributed by atoms with Gasteiger partial charge in [-0.3, -0.25) is 0 Å². The molecule has 0 unspecified atom stereocenters. The molecule has 2 aromatic rings. The van der Waals surface area contributed by atoms with E-state index in [-0.39, 0.29) is 0 Å². The molecule has 0 fully saturated rings. The van der Waals surface area contributed by atoms with Crippen molar-refractivity contribution in [2.45, 2.75) is 33.2 Å². The van der Waals surface area contributed by atoms with E-state index in [0.717, 1.165) is 36.5 Å². The third-order valence-corrected chi connectivity index (χ3v) is 3.26. The largest absolute Gasteiger partial charge is 0.399 e. The fourth-order valence-corrected chi connectivity index (χ4v) is 2.00. The zero-order valence-electron chi connectivity index (χ0n) is 10.9. The van der Waals surface area contributed by atoms with Gasteiger partial charge < -0.3 is 5.73 Å². The Hall–Kier alpha value is -1.91. The van der Waals surface area contributed by atoms with Gasteiger partial charge in [0.2, 0.25) is 0 Å². The van der Waals surface area contributed by atoms with Gasteiger partial charge in [-0.1, -0.05) is 38.8 Å². The fourth-order valence-electron chi connectivity index (χ4n) is 2.00. The normalized spacial score (nSPS) is 11.1. The third kappa shape index (κ3) is 2.67. The van der Waals surface area contributed by atoms with Gasteiger partial charge >= 0.3 is 0 Å². The Morgan fingerprint density at radius 1 is 1.28 bits per heavy atom. The van der Waals surface area contributed by atoms with Crippen molar-refractivity contribution in [1.82, 2.24) is 20.2 Å². The SMILES string of the molecule is CCC(CC)Cn1nnnc1-c1cccc(N)c1. The summed E-state index contributed by atoms with van der Waals surface area (Å²) in [5.74, 6) is 1.39. The maximum absolute atomic E-state index is 5.79. The lowest BCUT2D eigenvalue weighted by Gasteiger charge is -2.12. The van der Waals surface area contributed by atoms with E-state index in [1.54, 1.807) is 0 Å². The molecule has 0 aliphatic carbocycles. The molecule has 0 aliphatic rings. The van der Waals surface area contributed by atoms with Gasteiger partial charge in [-0.25, -0.2) is 4.68 Å². The van der Waals surface area contributed by atoms with Crippen molar-refractivity contribution in [3.63, 3.8) is 0 Å². The van der Waals surface area contributed by atoms with Crippen LogP contribution in [-0.4, -0.2) is 20.2 Å². The molecule has 96 valence electrons. The Morgan fingerprint density at radius 3 is 2.72 bits per heavy atom. The van der Waals surface area contributed by atoms with Crippen LogP contribution in [0.5, 0.6) is 0 Å².